The van der Waals surface area contributed by atoms with Crippen LogP contribution in [0.4, 0.5) is 0 Å². The lowest BCUT2D eigenvalue weighted by atomic mass is 10.1. The summed E-state index contributed by atoms with van der Waals surface area (Å²) in [7, 11) is -3.73. The van der Waals surface area contributed by atoms with Crippen LogP contribution in [0.2, 0.25) is 0 Å². The van der Waals surface area contributed by atoms with Gasteiger partial charge in [-0.1, -0.05) is 29.5 Å². The fraction of sp³-hybridized carbons (Fsp3) is 0.333. The van der Waals surface area contributed by atoms with Crippen molar-refractivity contribution in [3.05, 3.63) is 42.0 Å². The fourth-order valence-corrected chi connectivity index (χ4v) is 5.55. The Labute approximate surface area is 161 Å². The summed E-state index contributed by atoms with van der Waals surface area (Å²) in [6, 6.07) is 11.3. The summed E-state index contributed by atoms with van der Waals surface area (Å²) in [5.41, 5.74) is 1.83. The van der Waals surface area contributed by atoms with Gasteiger partial charge >= 0.3 is 0 Å². The first-order valence-corrected chi connectivity index (χ1v) is 10.9. The van der Waals surface area contributed by atoms with Crippen LogP contribution in [0, 0.1) is 6.92 Å². The Balaban J connectivity index is 1.70. The molecule has 1 aliphatic rings. The highest BCUT2D eigenvalue weighted by Gasteiger charge is 2.31. The summed E-state index contributed by atoms with van der Waals surface area (Å²) >= 11 is 1.48. The van der Waals surface area contributed by atoms with Crippen LogP contribution in [0.15, 0.2) is 55.7 Å². The molecule has 9 heteroatoms. The predicted octanol–water partition coefficient (Wildman–Crippen LogP) is 2.83. The van der Waals surface area contributed by atoms with Crippen LogP contribution in [-0.2, 0) is 10.0 Å². The highest BCUT2D eigenvalue weighted by atomic mass is 32.2. The maximum atomic E-state index is 13.0. The van der Waals surface area contributed by atoms with E-state index in [1.54, 1.807) is 12.1 Å². The number of nitrogens with zero attached hydrogens (tertiary/aromatic N) is 3. The molecular weight excluding hydrogens is 386 g/mol. The second kappa shape index (κ2) is 7.23. The van der Waals surface area contributed by atoms with Gasteiger partial charge in [0, 0.05) is 22.9 Å². The summed E-state index contributed by atoms with van der Waals surface area (Å²) < 4.78 is 32.3. The second-order valence-electron chi connectivity index (χ2n) is 6.57. The molecular formula is C18H19N3O4S2. The molecule has 2 heterocycles. The first kappa shape index (κ1) is 18.4. The minimum Gasteiger partial charge on any atom is -0.393 e. The SMILES string of the molecule is Cc1ccc(Sc2ccc(S(=O)(=O)N3CCC(O)CC3)c3nonc23)cc1. The van der Waals surface area contributed by atoms with Crippen molar-refractivity contribution in [2.45, 2.75) is 40.6 Å². The van der Waals surface area contributed by atoms with Gasteiger partial charge in [-0.2, -0.15) is 4.31 Å². The van der Waals surface area contributed by atoms with Crippen LogP contribution < -0.4 is 0 Å². The molecule has 0 radical (unpaired) electrons. The van der Waals surface area contributed by atoms with E-state index in [-0.39, 0.29) is 23.5 Å². The molecule has 4 rings (SSSR count). The summed E-state index contributed by atoms with van der Waals surface area (Å²) in [6.45, 7) is 2.60. The number of rotatable bonds is 4. The van der Waals surface area contributed by atoms with Gasteiger partial charge in [0.15, 0.2) is 11.0 Å². The standard InChI is InChI=1S/C18H19N3O4S2/c1-12-2-4-14(5-3-12)26-15-6-7-16(18-17(15)19-25-20-18)27(23,24)21-10-8-13(22)9-11-21/h2-7,13,22H,8-11H2,1H3. The lowest BCUT2D eigenvalue weighted by Gasteiger charge is -2.28. The summed E-state index contributed by atoms with van der Waals surface area (Å²) in [6.07, 6.45) is 0.417. The average Bonchev–Trinajstić information content (AvgIpc) is 3.14. The number of benzene rings is 2. The number of fused-ring (bicyclic) bond motifs is 1. The Bertz CT molecular complexity index is 1060. The van der Waals surface area contributed by atoms with Gasteiger partial charge in [-0.15, -0.1) is 0 Å². The van der Waals surface area contributed by atoms with E-state index < -0.39 is 16.1 Å². The molecule has 0 saturated carbocycles. The zero-order chi connectivity index (χ0) is 19.0. The summed E-state index contributed by atoms with van der Waals surface area (Å²) in [5.74, 6) is 0. The van der Waals surface area contributed by atoms with Crippen molar-refractivity contribution in [3.63, 3.8) is 0 Å². The van der Waals surface area contributed by atoms with Crippen molar-refractivity contribution in [2.24, 2.45) is 0 Å². The molecule has 1 aliphatic heterocycles. The number of aryl methyl sites for hydroxylation is 1. The molecule has 1 saturated heterocycles. The van der Waals surface area contributed by atoms with Gasteiger partial charge in [-0.25, -0.2) is 13.0 Å². The van der Waals surface area contributed by atoms with Crippen molar-refractivity contribution in [2.75, 3.05) is 13.1 Å². The molecule has 0 amide bonds. The van der Waals surface area contributed by atoms with E-state index in [0.29, 0.717) is 18.4 Å². The highest BCUT2D eigenvalue weighted by Crippen LogP contribution is 2.35. The zero-order valence-corrected chi connectivity index (χ0v) is 16.3. The van der Waals surface area contributed by atoms with E-state index in [2.05, 4.69) is 10.3 Å². The average molecular weight is 406 g/mol. The molecule has 142 valence electrons. The van der Waals surface area contributed by atoms with E-state index in [9.17, 15) is 13.5 Å². The van der Waals surface area contributed by atoms with Crippen LogP contribution in [0.5, 0.6) is 0 Å². The number of piperidine rings is 1. The first-order valence-electron chi connectivity index (χ1n) is 8.63. The number of aliphatic hydroxyl groups is 1. The van der Waals surface area contributed by atoms with Gasteiger partial charge < -0.3 is 5.11 Å². The molecule has 0 bridgehead atoms. The smallest absolute Gasteiger partial charge is 0.245 e. The summed E-state index contributed by atoms with van der Waals surface area (Å²) in [5, 5.41) is 17.4. The van der Waals surface area contributed by atoms with Crippen molar-refractivity contribution in [3.8, 4) is 0 Å². The Morgan fingerprint density at radius 1 is 1.07 bits per heavy atom. The van der Waals surface area contributed by atoms with Gasteiger partial charge in [0.05, 0.1) is 6.10 Å². The van der Waals surface area contributed by atoms with Crippen LogP contribution in [0.3, 0.4) is 0 Å². The number of aromatic nitrogens is 2. The molecule has 0 aliphatic carbocycles. The van der Waals surface area contributed by atoms with Crippen molar-refractivity contribution in [1.82, 2.24) is 14.6 Å². The van der Waals surface area contributed by atoms with E-state index in [0.717, 1.165) is 9.79 Å². The third-order valence-electron chi connectivity index (χ3n) is 4.63. The van der Waals surface area contributed by atoms with Crippen molar-refractivity contribution >= 4 is 32.8 Å². The Kier molecular flexibility index (Phi) is 4.94. The first-order chi connectivity index (χ1) is 12.9. The minimum absolute atomic E-state index is 0.0865. The molecule has 3 aromatic rings. The predicted molar refractivity (Wildman–Crippen MR) is 101 cm³/mol. The molecule has 0 unspecified atom stereocenters. The Morgan fingerprint density at radius 3 is 2.44 bits per heavy atom. The Morgan fingerprint density at radius 2 is 1.74 bits per heavy atom. The third-order valence-corrected chi connectivity index (χ3v) is 7.62. The van der Waals surface area contributed by atoms with E-state index in [1.807, 2.05) is 31.2 Å². The minimum atomic E-state index is -3.73. The topological polar surface area (TPSA) is 96.5 Å². The maximum absolute atomic E-state index is 13.0. The zero-order valence-electron chi connectivity index (χ0n) is 14.7. The lowest BCUT2D eigenvalue weighted by molar-refractivity contribution is 0.113. The fourth-order valence-electron chi connectivity index (χ4n) is 3.07. The van der Waals surface area contributed by atoms with Crippen LogP contribution in [0.1, 0.15) is 18.4 Å². The van der Waals surface area contributed by atoms with Crippen LogP contribution in [0.25, 0.3) is 11.0 Å². The second-order valence-corrected chi connectivity index (χ2v) is 9.60. The van der Waals surface area contributed by atoms with Gasteiger partial charge in [0.2, 0.25) is 10.0 Å². The molecule has 1 fully saturated rings. The van der Waals surface area contributed by atoms with E-state index in [4.69, 9.17) is 4.63 Å². The normalized spacial score (nSPS) is 16.8. The number of hydrogen-bond acceptors (Lipinski definition) is 7. The van der Waals surface area contributed by atoms with Gasteiger partial charge in [-0.05, 0) is 54.3 Å². The number of hydrogen-bond donors (Lipinski definition) is 1. The van der Waals surface area contributed by atoms with E-state index >= 15 is 0 Å². The number of sulfonamides is 1. The van der Waals surface area contributed by atoms with Gasteiger partial charge in [0.1, 0.15) is 4.90 Å². The maximum Gasteiger partial charge on any atom is 0.245 e. The molecule has 27 heavy (non-hydrogen) atoms. The molecule has 1 N–H and O–H groups in total. The quantitative estimate of drug-likeness (QED) is 0.713. The van der Waals surface area contributed by atoms with Gasteiger partial charge in [0.25, 0.3) is 0 Å². The highest BCUT2D eigenvalue weighted by molar-refractivity contribution is 7.99. The molecule has 0 spiro atoms. The third kappa shape index (κ3) is 3.60. The van der Waals surface area contributed by atoms with Crippen molar-refractivity contribution < 1.29 is 18.2 Å². The monoisotopic (exact) mass is 405 g/mol. The molecule has 7 nitrogen and oxygen atoms in total. The van der Waals surface area contributed by atoms with Gasteiger partial charge in [-0.3, -0.25) is 0 Å². The lowest BCUT2D eigenvalue weighted by Crippen LogP contribution is -2.40. The largest absolute Gasteiger partial charge is 0.393 e. The number of aliphatic hydroxyl groups excluding tert-OH is 1. The van der Waals surface area contributed by atoms with Crippen molar-refractivity contribution in [1.29, 1.82) is 0 Å². The van der Waals surface area contributed by atoms with Crippen LogP contribution in [-0.4, -0.2) is 47.3 Å². The molecule has 2 aromatic carbocycles. The molecule has 0 atom stereocenters. The van der Waals surface area contributed by atoms with E-state index in [1.165, 1.54) is 21.6 Å². The van der Waals surface area contributed by atoms with Crippen LogP contribution >= 0.6 is 11.8 Å². The summed E-state index contributed by atoms with van der Waals surface area (Å²) in [4.78, 5) is 1.89. The Hall–Kier alpha value is -1.94. The molecule has 1 aromatic heterocycles.